The van der Waals surface area contributed by atoms with Crippen LogP contribution in [0.15, 0.2) is 24.3 Å². The predicted molar refractivity (Wildman–Crippen MR) is 73.2 cm³/mol. The molecule has 2 unspecified atom stereocenters. The van der Waals surface area contributed by atoms with Crippen molar-refractivity contribution in [1.82, 2.24) is 4.90 Å². The summed E-state index contributed by atoms with van der Waals surface area (Å²) in [6.45, 7) is 3.86. The van der Waals surface area contributed by atoms with Crippen molar-refractivity contribution in [3.63, 3.8) is 0 Å². The molecule has 0 bridgehead atoms. The number of anilines is 1. The summed E-state index contributed by atoms with van der Waals surface area (Å²) in [7, 11) is 0. The van der Waals surface area contributed by atoms with E-state index in [1.54, 1.807) is 18.2 Å². The molecule has 1 aromatic carbocycles. The molecular weight excluding hydrogens is 245 g/mol. The summed E-state index contributed by atoms with van der Waals surface area (Å²) in [5.74, 6) is -0.143. The summed E-state index contributed by atoms with van der Waals surface area (Å²) in [4.78, 5) is 14.0. The molecule has 1 aliphatic rings. The van der Waals surface area contributed by atoms with Crippen LogP contribution in [0, 0.1) is 11.7 Å². The van der Waals surface area contributed by atoms with Gasteiger partial charge in [0.2, 0.25) is 5.91 Å². The summed E-state index contributed by atoms with van der Waals surface area (Å²) < 4.78 is 13.4. The van der Waals surface area contributed by atoms with E-state index in [4.69, 9.17) is 5.73 Å². The maximum Gasteiger partial charge on any atom is 0.238 e. The Balaban J connectivity index is 1.90. The first-order valence-electron chi connectivity index (χ1n) is 6.58. The quantitative estimate of drug-likeness (QED) is 0.866. The lowest BCUT2D eigenvalue weighted by atomic mass is 10.1. The third kappa shape index (κ3) is 3.52. The summed E-state index contributed by atoms with van der Waals surface area (Å²) in [6, 6.07) is 6.53. The van der Waals surface area contributed by atoms with Crippen LogP contribution in [0.2, 0.25) is 0 Å². The SMILES string of the molecule is CC1CC(CN)CN1CC(=O)Nc1ccccc1F. The molecule has 19 heavy (non-hydrogen) atoms. The van der Waals surface area contributed by atoms with Gasteiger partial charge in [0.05, 0.1) is 12.2 Å². The topological polar surface area (TPSA) is 58.4 Å². The van der Waals surface area contributed by atoms with Crippen LogP contribution in [-0.4, -0.2) is 36.5 Å². The molecule has 0 aromatic heterocycles. The molecule has 3 N–H and O–H groups in total. The fourth-order valence-corrected chi connectivity index (χ4v) is 2.55. The van der Waals surface area contributed by atoms with Crippen molar-refractivity contribution in [2.45, 2.75) is 19.4 Å². The lowest BCUT2D eigenvalue weighted by molar-refractivity contribution is -0.117. The van der Waals surface area contributed by atoms with Gasteiger partial charge >= 0.3 is 0 Å². The number of hydrogen-bond donors (Lipinski definition) is 2. The third-order valence-corrected chi connectivity index (χ3v) is 3.62. The van der Waals surface area contributed by atoms with E-state index < -0.39 is 5.82 Å². The highest BCUT2D eigenvalue weighted by Gasteiger charge is 2.29. The zero-order chi connectivity index (χ0) is 13.8. The van der Waals surface area contributed by atoms with Crippen molar-refractivity contribution in [2.75, 3.05) is 25.0 Å². The number of para-hydroxylation sites is 1. The number of carbonyl (C=O) groups is 1. The second-order valence-corrected chi connectivity index (χ2v) is 5.14. The molecule has 0 saturated carbocycles. The first kappa shape index (κ1) is 14.0. The van der Waals surface area contributed by atoms with E-state index in [1.807, 2.05) is 0 Å². The molecule has 2 rings (SSSR count). The highest BCUT2D eigenvalue weighted by atomic mass is 19.1. The van der Waals surface area contributed by atoms with Gasteiger partial charge in [-0.2, -0.15) is 0 Å². The minimum atomic E-state index is -0.412. The van der Waals surface area contributed by atoms with Crippen molar-refractivity contribution in [3.05, 3.63) is 30.1 Å². The fraction of sp³-hybridized carbons (Fsp3) is 0.500. The molecular formula is C14H20FN3O. The Morgan fingerprint density at radius 3 is 2.89 bits per heavy atom. The van der Waals surface area contributed by atoms with Gasteiger partial charge in [-0.15, -0.1) is 0 Å². The Morgan fingerprint density at radius 2 is 2.26 bits per heavy atom. The molecule has 0 radical (unpaired) electrons. The normalized spacial score (nSPS) is 23.5. The van der Waals surface area contributed by atoms with Crippen LogP contribution in [0.5, 0.6) is 0 Å². The molecule has 1 aliphatic heterocycles. The van der Waals surface area contributed by atoms with Crippen molar-refractivity contribution in [3.8, 4) is 0 Å². The summed E-state index contributed by atoms with van der Waals surface area (Å²) in [6.07, 6.45) is 1.02. The highest BCUT2D eigenvalue weighted by molar-refractivity contribution is 5.92. The number of nitrogens with two attached hydrogens (primary N) is 1. The number of nitrogens with zero attached hydrogens (tertiary/aromatic N) is 1. The molecule has 4 nitrogen and oxygen atoms in total. The maximum atomic E-state index is 13.4. The van der Waals surface area contributed by atoms with E-state index in [2.05, 4.69) is 17.1 Å². The second kappa shape index (κ2) is 6.12. The second-order valence-electron chi connectivity index (χ2n) is 5.14. The van der Waals surface area contributed by atoms with Crippen LogP contribution in [0.4, 0.5) is 10.1 Å². The largest absolute Gasteiger partial charge is 0.330 e. The van der Waals surface area contributed by atoms with Gasteiger partial charge in [0, 0.05) is 12.6 Å². The fourth-order valence-electron chi connectivity index (χ4n) is 2.55. The zero-order valence-electron chi connectivity index (χ0n) is 11.1. The van der Waals surface area contributed by atoms with Crippen LogP contribution in [0.1, 0.15) is 13.3 Å². The molecule has 1 amide bonds. The van der Waals surface area contributed by atoms with Crippen molar-refractivity contribution in [2.24, 2.45) is 11.7 Å². The van der Waals surface area contributed by atoms with E-state index in [0.717, 1.165) is 13.0 Å². The first-order valence-corrected chi connectivity index (χ1v) is 6.58. The minimum absolute atomic E-state index is 0.186. The van der Waals surface area contributed by atoms with Crippen LogP contribution in [0.25, 0.3) is 0 Å². The lowest BCUT2D eigenvalue weighted by Crippen LogP contribution is -2.36. The summed E-state index contributed by atoms with van der Waals surface area (Å²) in [5.41, 5.74) is 5.89. The van der Waals surface area contributed by atoms with E-state index in [-0.39, 0.29) is 18.1 Å². The van der Waals surface area contributed by atoms with Crippen molar-refractivity contribution in [1.29, 1.82) is 0 Å². The molecule has 0 aliphatic carbocycles. The summed E-state index contributed by atoms with van der Waals surface area (Å²) in [5, 5.41) is 2.60. The number of likely N-dealkylation sites (tertiary alicyclic amines) is 1. The molecule has 1 saturated heterocycles. The van der Waals surface area contributed by atoms with Gasteiger partial charge in [-0.3, -0.25) is 9.69 Å². The Labute approximate surface area is 112 Å². The van der Waals surface area contributed by atoms with Gasteiger partial charge in [0.15, 0.2) is 0 Å². The molecule has 1 heterocycles. The number of nitrogens with one attached hydrogen (secondary N) is 1. The maximum absolute atomic E-state index is 13.4. The number of benzene rings is 1. The Morgan fingerprint density at radius 1 is 1.53 bits per heavy atom. The lowest BCUT2D eigenvalue weighted by Gasteiger charge is -2.20. The Kier molecular flexibility index (Phi) is 4.50. The van der Waals surface area contributed by atoms with Crippen LogP contribution in [-0.2, 0) is 4.79 Å². The van der Waals surface area contributed by atoms with E-state index >= 15 is 0 Å². The number of hydrogen-bond acceptors (Lipinski definition) is 3. The monoisotopic (exact) mass is 265 g/mol. The first-order chi connectivity index (χ1) is 9.10. The Bertz CT molecular complexity index is 452. The molecule has 104 valence electrons. The number of halogens is 1. The number of carbonyl (C=O) groups excluding carboxylic acids is 1. The van der Waals surface area contributed by atoms with Gasteiger partial charge in [-0.1, -0.05) is 12.1 Å². The average molecular weight is 265 g/mol. The standard InChI is InChI=1S/C14H20FN3O/c1-10-6-11(7-16)8-18(10)9-14(19)17-13-5-3-2-4-12(13)15/h2-5,10-11H,6-9,16H2,1H3,(H,17,19). The van der Waals surface area contributed by atoms with E-state index in [0.29, 0.717) is 18.5 Å². The van der Waals surface area contributed by atoms with Gasteiger partial charge in [0.1, 0.15) is 5.82 Å². The molecule has 0 spiro atoms. The van der Waals surface area contributed by atoms with Crippen LogP contribution >= 0.6 is 0 Å². The average Bonchev–Trinajstić information content (AvgIpc) is 2.73. The van der Waals surface area contributed by atoms with E-state index in [1.165, 1.54) is 6.07 Å². The molecule has 1 aromatic rings. The van der Waals surface area contributed by atoms with Crippen molar-refractivity contribution < 1.29 is 9.18 Å². The Hall–Kier alpha value is -1.46. The molecule has 1 fully saturated rings. The minimum Gasteiger partial charge on any atom is -0.330 e. The van der Waals surface area contributed by atoms with Gasteiger partial charge in [-0.05, 0) is 37.9 Å². The zero-order valence-corrected chi connectivity index (χ0v) is 11.1. The predicted octanol–water partition coefficient (Wildman–Crippen LogP) is 1.43. The van der Waals surface area contributed by atoms with Crippen LogP contribution in [0.3, 0.4) is 0 Å². The number of rotatable bonds is 4. The molecule has 5 heteroatoms. The highest BCUT2D eigenvalue weighted by Crippen LogP contribution is 2.21. The van der Waals surface area contributed by atoms with Crippen molar-refractivity contribution >= 4 is 11.6 Å². The summed E-state index contributed by atoms with van der Waals surface area (Å²) >= 11 is 0. The van der Waals surface area contributed by atoms with Gasteiger partial charge in [0.25, 0.3) is 0 Å². The van der Waals surface area contributed by atoms with Gasteiger partial charge in [-0.25, -0.2) is 4.39 Å². The smallest absolute Gasteiger partial charge is 0.238 e. The third-order valence-electron chi connectivity index (χ3n) is 3.62. The number of amides is 1. The van der Waals surface area contributed by atoms with E-state index in [9.17, 15) is 9.18 Å². The van der Waals surface area contributed by atoms with Crippen LogP contribution < -0.4 is 11.1 Å². The van der Waals surface area contributed by atoms with Gasteiger partial charge < -0.3 is 11.1 Å². The molecule has 2 atom stereocenters.